The Labute approximate surface area is 170 Å². The first-order chi connectivity index (χ1) is 12.1. The summed E-state index contributed by atoms with van der Waals surface area (Å²) < 4.78 is 8.03. The fourth-order valence-corrected chi connectivity index (χ4v) is 8.34. The molecule has 0 radical (unpaired) electrons. The number of hydrogen-bond acceptors (Lipinski definition) is 2. The van der Waals surface area contributed by atoms with Crippen LogP contribution in [0.4, 0.5) is 0 Å². The molecule has 26 heavy (non-hydrogen) atoms. The quantitative estimate of drug-likeness (QED) is 0.507. The van der Waals surface area contributed by atoms with Gasteiger partial charge in [0.15, 0.2) is 0 Å². The standard InChI is InChI=1S/C20H30ClNO2SeSi/c1-20(2,3)26(4,5)24-14-11-17-18(25-15-9-7-6-8-10-15)12-16(21)19(23)22(17)13-14/h6-10,14,16-18H,11-13H2,1-5H3/t14-,16-,17+,18-/m1/s1. The van der Waals surface area contributed by atoms with E-state index in [4.69, 9.17) is 16.0 Å². The van der Waals surface area contributed by atoms with Crippen molar-refractivity contribution in [2.75, 3.05) is 6.54 Å². The van der Waals surface area contributed by atoms with Gasteiger partial charge in [-0.05, 0) is 0 Å². The average molecular weight is 459 g/mol. The zero-order valence-corrected chi connectivity index (χ0v) is 19.8. The number of carbonyl (C=O) groups is 1. The minimum atomic E-state index is -1.84. The summed E-state index contributed by atoms with van der Waals surface area (Å²) in [6, 6.07) is 10.9. The van der Waals surface area contributed by atoms with Crippen LogP contribution in [0.5, 0.6) is 0 Å². The van der Waals surface area contributed by atoms with Crippen LogP contribution in [0.1, 0.15) is 33.6 Å². The van der Waals surface area contributed by atoms with Gasteiger partial charge in [0.25, 0.3) is 0 Å². The normalized spacial score (nSPS) is 29.8. The Balaban J connectivity index is 1.75. The SMILES string of the molecule is CC(C)(C)[Si](C)(C)O[C@@H]1C[C@H]2[C@H]([Se]c3ccccc3)C[C@@H](Cl)C(=O)N2C1. The predicted molar refractivity (Wildman–Crippen MR) is 112 cm³/mol. The van der Waals surface area contributed by atoms with Crippen LogP contribution in [0.2, 0.25) is 22.9 Å². The maximum absolute atomic E-state index is 12.7. The van der Waals surface area contributed by atoms with Crippen molar-refractivity contribution in [3.05, 3.63) is 30.3 Å². The molecule has 0 N–H and O–H groups in total. The average Bonchev–Trinajstić information content (AvgIpc) is 2.96. The van der Waals surface area contributed by atoms with Crippen molar-refractivity contribution in [3.8, 4) is 0 Å². The Morgan fingerprint density at radius 1 is 1.19 bits per heavy atom. The van der Waals surface area contributed by atoms with Gasteiger partial charge in [-0.1, -0.05) is 0 Å². The molecule has 0 aromatic heterocycles. The van der Waals surface area contributed by atoms with Gasteiger partial charge in [-0.15, -0.1) is 0 Å². The number of carbonyl (C=O) groups excluding carboxylic acids is 1. The second-order valence-electron chi connectivity index (χ2n) is 8.97. The number of rotatable bonds is 4. The van der Waals surface area contributed by atoms with Gasteiger partial charge in [-0.25, -0.2) is 0 Å². The fraction of sp³-hybridized carbons (Fsp3) is 0.650. The molecule has 1 amide bonds. The van der Waals surface area contributed by atoms with E-state index in [2.05, 4.69) is 64.2 Å². The van der Waals surface area contributed by atoms with E-state index >= 15 is 0 Å². The molecule has 4 atom stereocenters. The number of halogens is 1. The summed E-state index contributed by atoms with van der Waals surface area (Å²) in [4.78, 5) is 15.2. The first-order valence-corrected chi connectivity index (χ1v) is 14.6. The molecule has 0 bridgehead atoms. The van der Waals surface area contributed by atoms with Gasteiger partial charge in [0.05, 0.1) is 0 Å². The zero-order valence-electron chi connectivity index (χ0n) is 16.4. The summed E-state index contributed by atoms with van der Waals surface area (Å²) in [6.45, 7) is 12.1. The molecule has 2 fully saturated rings. The van der Waals surface area contributed by atoms with Crippen LogP contribution in [0.25, 0.3) is 0 Å². The van der Waals surface area contributed by atoms with Crippen molar-refractivity contribution < 1.29 is 9.22 Å². The van der Waals surface area contributed by atoms with Crippen LogP contribution >= 0.6 is 11.6 Å². The van der Waals surface area contributed by atoms with Crippen molar-refractivity contribution in [2.24, 2.45) is 0 Å². The first kappa shape index (κ1) is 20.4. The van der Waals surface area contributed by atoms with Crippen LogP contribution < -0.4 is 4.46 Å². The number of alkyl halides is 1. The third-order valence-electron chi connectivity index (χ3n) is 6.02. The van der Waals surface area contributed by atoms with E-state index in [-0.39, 0.29) is 28.5 Å². The fourth-order valence-electron chi connectivity index (χ4n) is 3.55. The Hall–Kier alpha value is -0.324. The summed E-state index contributed by atoms with van der Waals surface area (Å²) in [6.07, 6.45) is 1.91. The van der Waals surface area contributed by atoms with Gasteiger partial charge < -0.3 is 0 Å². The topological polar surface area (TPSA) is 29.5 Å². The molecule has 0 spiro atoms. The first-order valence-electron chi connectivity index (χ1n) is 9.42. The Kier molecular flexibility index (Phi) is 5.96. The van der Waals surface area contributed by atoms with Crippen LogP contribution in [-0.4, -0.2) is 58.1 Å². The molecule has 0 aliphatic carbocycles. The Bertz CT molecular complexity index is 649. The molecule has 1 aromatic carbocycles. The molecule has 2 aliphatic heterocycles. The van der Waals surface area contributed by atoms with Crippen molar-refractivity contribution in [1.82, 2.24) is 4.90 Å². The van der Waals surface area contributed by atoms with E-state index in [1.54, 1.807) is 0 Å². The van der Waals surface area contributed by atoms with Gasteiger partial charge in [0, 0.05) is 0 Å². The van der Waals surface area contributed by atoms with Crippen molar-refractivity contribution in [2.45, 2.75) is 74.1 Å². The van der Waals surface area contributed by atoms with Crippen LogP contribution in [0.15, 0.2) is 30.3 Å². The summed E-state index contributed by atoms with van der Waals surface area (Å²) in [5.41, 5.74) is 0. The minimum absolute atomic E-state index is 0.109. The predicted octanol–water partition coefficient (Wildman–Crippen LogP) is 3.81. The molecule has 3 nitrogen and oxygen atoms in total. The molecule has 2 aliphatic rings. The van der Waals surface area contributed by atoms with Crippen LogP contribution in [0, 0.1) is 0 Å². The number of fused-ring (bicyclic) bond motifs is 1. The monoisotopic (exact) mass is 459 g/mol. The molecule has 144 valence electrons. The van der Waals surface area contributed by atoms with Crippen LogP contribution in [0.3, 0.4) is 0 Å². The van der Waals surface area contributed by atoms with E-state index < -0.39 is 8.32 Å². The zero-order chi connectivity index (χ0) is 19.1. The van der Waals surface area contributed by atoms with E-state index in [0.717, 1.165) is 12.8 Å². The van der Waals surface area contributed by atoms with Gasteiger partial charge in [-0.3, -0.25) is 0 Å². The number of hydrogen-bond donors (Lipinski definition) is 0. The van der Waals surface area contributed by atoms with Gasteiger partial charge in [0.2, 0.25) is 0 Å². The van der Waals surface area contributed by atoms with Gasteiger partial charge in [-0.2, -0.15) is 0 Å². The molecule has 0 unspecified atom stereocenters. The summed E-state index contributed by atoms with van der Waals surface area (Å²) in [5, 5.41) is -0.198. The van der Waals surface area contributed by atoms with E-state index in [1.807, 2.05) is 4.90 Å². The molecule has 2 saturated heterocycles. The number of nitrogens with zero attached hydrogens (tertiary/aromatic N) is 1. The molecule has 3 rings (SSSR count). The number of benzene rings is 1. The molecular formula is C20H30ClNO2SeSi. The molecule has 2 heterocycles. The van der Waals surface area contributed by atoms with Crippen molar-refractivity contribution >= 4 is 45.2 Å². The summed E-state index contributed by atoms with van der Waals surface area (Å²) >= 11 is 6.76. The second-order valence-corrected chi connectivity index (χ2v) is 17.0. The van der Waals surface area contributed by atoms with Gasteiger partial charge >= 0.3 is 170 Å². The third kappa shape index (κ3) is 4.23. The number of amides is 1. The molecule has 6 heteroatoms. The molecule has 1 aromatic rings. The number of piperidine rings is 1. The van der Waals surface area contributed by atoms with E-state index in [9.17, 15) is 4.79 Å². The van der Waals surface area contributed by atoms with E-state index in [0.29, 0.717) is 26.3 Å². The maximum atomic E-state index is 12.7. The Morgan fingerprint density at radius 2 is 1.85 bits per heavy atom. The Morgan fingerprint density at radius 3 is 2.46 bits per heavy atom. The summed E-state index contributed by atoms with van der Waals surface area (Å²) in [7, 11) is -1.84. The van der Waals surface area contributed by atoms with Crippen LogP contribution in [-0.2, 0) is 9.22 Å². The summed E-state index contributed by atoms with van der Waals surface area (Å²) in [5.74, 6) is 0.109. The second kappa shape index (κ2) is 7.60. The van der Waals surface area contributed by atoms with Crippen molar-refractivity contribution in [3.63, 3.8) is 0 Å². The van der Waals surface area contributed by atoms with Gasteiger partial charge in [0.1, 0.15) is 0 Å². The van der Waals surface area contributed by atoms with Crippen molar-refractivity contribution in [1.29, 1.82) is 0 Å². The third-order valence-corrected chi connectivity index (χ3v) is 13.8. The molecule has 0 saturated carbocycles. The van der Waals surface area contributed by atoms with E-state index in [1.165, 1.54) is 4.46 Å². The molecular weight excluding hydrogens is 429 g/mol.